The summed E-state index contributed by atoms with van der Waals surface area (Å²) in [4.78, 5) is 43.7. The summed E-state index contributed by atoms with van der Waals surface area (Å²) in [7, 11) is 0. The highest BCUT2D eigenvalue weighted by Crippen LogP contribution is 2.28. The molecule has 0 saturated carbocycles. The number of carbonyl (C=O) groups excluding carboxylic acids is 3. The lowest BCUT2D eigenvalue weighted by Gasteiger charge is -2.54. The van der Waals surface area contributed by atoms with Crippen molar-refractivity contribution in [1.29, 1.82) is 0 Å². The molecule has 0 aliphatic carbocycles. The lowest BCUT2D eigenvalue weighted by atomic mass is 10.0. The third-order valence-electron chi connectivity index (χ3n) is 6.91. The number of piperazine rings is 1. The van der Waals surface area contributed by atoms with Gasteiger partial charge in [0.05, 0.1) is 32.8 Å². The van der Waals surface area contributed by atoms with E-state index in [9.17, 15) is 18.8 Å². The molecule has 2 aromatic rings. The van der Waals surface area contributed by atoms with E-state index < -0.39 is 18.2 Å². The van der Waals surface area contributed by atoms with Crippen molar-refractivity contribution in [2.45, 2.75) is 31.8 Å². The Hall–Kier alpha value is -3.59. The number of hydrogen-bond acceptors (Lipinski definition) is 6. The fraction of sp³-hybridized carbons (Fsp3) is 0.414. The summed E-state index contributed by atoms with van der Waals surface area (Å²) in [6, 6.07) is 14.7. The number of halogens is 1. The standard InChI is InChI=1S/C29H34FN5O4S/c1-3-14-33-20-27(36)34-25(13-17-40-2)28(37)32(15-16-39-21-23-11-7-8-12-24(23)30)19-26(34)35(33)29(38)31-18-22-9-5-4-6-10-22/h1,4-12,25-26H,13-21H2,2H3,(H,31,38)/t25-,26-/m0/s1. The Kier molecular flexibility index (Phi) is 10.4. The summed E-state index contributed by atoms with van der Waals surface area (Å²) in [6.07, 6.45) is 7.25. The predicted octanol–water partition coefficient (Wildman–Crippen LogP) is 2.54. The fourth-order valence-corrected chi connectivity index (χ4v) is 5.43. The number of urea groups is 1. The minimum absolute atomic E-state index is 0.0595. The molecule has 0 bridgehead atoms. The number of nitrogens with zero attached hydrogens (tertiary/aromatic N) is 4. The van der Waals surface area contributed by atoms with Gasteiger partial charge in [-0.1, -0.05) is 54.5 Å². The van der Waals surface area contributed by atoms with Gasteiger partial charge in [0.25, 0.3) is 0 Å². The third kappa shape index (κ3) is 6.94. The second kappa shape index (κ2) is 14.2. The zero-order chi connectivity index (χ0) is 28.5. The number of rotatable bonds is 11. The van der Waals surface area contributed by atoms with Crippen LogP contribution < -0.4 is 5.32 Å². The molecule has 0 spiro atoms. The summed E-state index contributed by atoms with van der Waals surface area (Å²) in [5.41, 5.74) is 1.36. The Balaban J connectivity index is 1.52. The highest BCUT2D eigenvalue weighted by Gasteiger charge is 2.51. The molecule has 40 heavy (non-hydrogen) atoms. The van der Waals surface area contributed by atoms with Crippen molar-refractivity contribution in [3.63, 3.8) is 0 Å². The van der Waals surface area contributed by atoms with Gasteiger partial charge in [0.2, 0.25) is 11.8 Å². The number of fused-ring (bicyclic) bond motifs is 1. The summed E-state index contributed by atoms with van der Waals surface area (Å²) in [6.45, 7) is 0.827. The first-order chi connectivity index (χ1) is 19.4. The van der Waals surface area contributed by atoms with Crippen LogP contribution in [0.2, 0.25) is 0 Å². The van der Waals surface area contributed by atoms with Crippen LogP contribution in [0.15, 0.2) is 54.6 Å². The zero-order valence-corrected chi connectivity index (χ0v) is 23.3. The van der Waals surface area contributed by atoms with Crippen molar-refractivity contribution in [1.82, 2.24) is 25.1 Å². The van der Waals surface area contributed by atoms with E-state index in [2.05, 4.69) is 11.2 Å². The van der Waals surface area contributed by atoms with E-state index in [0.29, 0.717) is 24.3 Å². The summed E-state index contributed by atoms with van der Waals surface area (Å²) >= 11 is 1.58. The maximum atomic E-state index is 14.0. The van der Waals surface area contributed by atoms with E-state index in [1.54, 1.807) is 44.8 Å². The number of hydrazine groups is 1. The number of nitrogens with one attached hydrogen (secondary N) is 1. The largest absolute Gasteiger partial charge is 0.375 e. The molecule has 2 atom stereocenters. The number of terminal acetylenes is 1. The maximum absolute atomic E-state index is 14.0. The van der Waals surface area contributed by atoms with Crippen molar-refractivity contribution in [2.75, 3.05) is 44.8 Å². The van der Waals surface area contributed by atoms with E-state index in [0.717, 1.165) is 5.56 Å². The van der Waals surface area contributed by atoms with Crippen molar-refractivity contribution in [3.8, 4) is 12.3 Å². The Morgan fingerprint density at radius 2 is 1.93 bits per heavy atom. The SMILES string of the molecule is C#CCN1CC(=O)N2[C@@H](CCSC)C(=O)N(CCOCc3ccccc3F)C[C@@H]2N1C(=O)NCc1ccccc1. The molecule has 2 heterocycles. The molecule has 11 heteroatoms. The van der Waals surface area contributed by atoms with Crippen molar-refractivity contribution in [2.24, 2.45) is 0 Å². The van der Waals surface area contributed by atoms with Crippen LogP contribution in [-0.4, -0.2) is 94.7 Å². The average Bonchev–Trinajstić information content (AvgIpc) is 2.95. The van der Waals surface area contributed by atoms with Crippen LogP contribution in [-0.2, 0) is 27.5 Å². The van der Waals surface area contributed by atoms with E-state index in [1.807, 2.05) is 36.6 Å². The van der Waals surface area contributed by atoms with Gasteiger partial charge in [0.15, 0.2) is 0 Å². The first-order valence-corrected chi connectivity index (χ1v) is 14.5. The molecule has 2 fully saturated rings. The Labute approximate surface area is 238 Å². The topological polar surface area (TPSA) is 85.4 Å². The van der Waals surface area contributed by atoms with E-state index >= 15 is 0 Å². The summed E-state index contributed by atoms with van der Waals surface area (Å²) in [5, 5.41) is 5.97. The summed E-state index contributed by atoms with van der Waals surface area (Å²) in [5.74, 6) is 2.41. The van der Waals surface area contributed by atoms with E-state index in [4.69, 9.17) is 11.2 Å². The normalized spacial score (nSPS) is 19.4. The molecule has 4 amide bonds. The zero-order valence-electron chi connectivity index (χ0n) is 22.5. The molecule has 2 aliphatic rings. The number of amides is 4. The molecule has 1 N–H and O–H groups in total. The Bertz CT molecular complexity index is 1230. The van der Waals surface area contributed by atoms with Crippen molar-refractivity contribution >= 4 is 29.6 Å². The number of benzene rings is 2. The van der Waals surface area contributed by atoms with Gasteiger partial charge in [0.1, 0.15) is 18.0 Å². The monoisotopic (exact) mass is 567 g/mol. The summed E-state index contributed by atoms with van der Waals surface area (Å²) < 4.78 is 19.7. The Morgan fingerprint density at radius 3 is 2.65 bits per heavy atom. The van der Waals surface area contributed by atoms with Crippen LogP contribution in [0.4, 0.5) is 9.18 Å². The molecule has 0 unspecified atom stereocenters. The van der Waals surface area contributed by atoms with Crippen LogP contribution >= 0.6 is 11.8 Å². The van der Waals surface area contributed by atoms with Crippen molar-refractivity contribution in [3.05, 3.63) is 71.5 Å². The highest BCUT2D eigenvalue weighted by atomic mass is 32.2. The number of ether oxygens (including phenoxy) is 1. The molecule has 9 nitrogen and oxygen atoms in total. The quantitative estimate of drug-likeness (QED) is 0.332. The minimum Gasteiger partial charge on any atom is -0.375 e. The average molecular weight is 568 g/mol. The highest BCUT2D eigenvalue weighted by molar-refractivity contribution is 7.98. The van der Waals surface area contributed by atoms with Crippen LogP contribution in [0.1, 0.15) is 17.5 Å². The second-order valence-corrected chi connectivity index (χ2v) is 10.5. The van der Waals surface area contributed by atoms with Crippen LogP contribution in [0.5, 0.6) is 0 Å². The third-order valence-corrected chi connectivity index (χ3v) is 7.56. The van der Waals surface area contributed by atoms with Crippen LogP contribution in [0, 0.1) is 18.2 Å². The molecule has 212 valence electrons. The van der Waals surface area contributed by atoms with E-state index in [-0.39, 0.29) is 57.0 Å². The number of thioether (sulfide) groups is 1. The molecule has 2 aromatic carbocycles. The van der Waals surface area contributed by atoms with Gasteiger partial charge in [0, 0.05) is 18.7 Å². The Morgan fingerprint density at radius 1 is 1.18 bits per heavy atom. The lowest BCUT2D eigenvalue weighted by molar-refractivity contribution is -0.189. The fourth-order valence-electron chi connectivity index (χ4n) is 4.97. The smallest absolute Gasteiger partial charge is 0.334 e. The van der Waals surface area contributed by atoms with Crippen molar-refractivity contribution < 1.29 is 23.5 Å². The molecular formula is C29H34FN5O4S. The first kappa shape index (κ1) is 29.4. The van der Waals surface area contributed by atoms with Gasteiger partial charge in [-0.05, 0) is 30.1 Å². The molecular weight excluding hydrogens is 533 g/mol. The molecule has 0 aromatic heterocycles. The van der Waals surface area contributed by atoms with Gasteiger partial charge in [-0.3, -0.25) is 9.59 Å². The predicted molar refractivity (Wildman–Crippen MR) is 151 cm³/mol. The van der Waals surface area contributed by atoms with Gasteiger partial charge < -0.3 is 19.9 Å². The van der Waals surface area contributed by atoms with Gasteiger partial charge in [-0.15, -0.1) is 6.42 Å². The van der Waals surface area contributed by atoms with Gasteiger partial charge in [-0.25, -0.2) is 14.2 Å². The lowest BCUT2D eigenvalue weighted by Crippen LogP contribution is -2.76. The second-order valence-electron chi connectivity index (χ2n) is 9.52. The first-order valence-electron chi connectivity index (χ1n) is 13.1. The maximum Gasteiger partial charge on any atom is 0.334 e. The number of hydrogen-bond donors (Lipinski definition) is 1. The van der Waals surface area contributed by atoms with Crippen LogP contribution in [0.25, 0.3) is 0 Å². The molecule has 2 aliphatic heterocycles. The molecule has 2 saturated heterocycles. The molecule has 0 radical (unpaired) electrons. The van der Waals surface area contributed by atoms with Crippen LogP contribution in [0.3, 0.4) is 0 Å². The van der Waals surface area contributed by atoms with Gasteiger partial charge >= 0.3 is 6.03 Å². The molecule has 4 rings (SSSR count). The van der Waals surface area contributed by atoms with E-state index in [1.165, 1.54) is 11.1 Å². The number of carbonyl (C=O) groups is 3. The van der Waals surface area contributed by atoms with Gasteiger partial charge in [-0.2, -0.15) is 16.8 Å². The minimum atomic E-state index is -0.735.